The molecule has 2 saturated heterocycles. The van der Waals surface area contributed by atoms with E-state index in [0.29, 0.717) is 18.8 Å². The molecular weight excluding hydrogens is 406 g/mol. The fourth-order valence-corrected chi connectivity index (χ4v) is 4.19. The Morgan fingerprint density at radius 3 is 2.50 bits per heavy atom. The molecule has 1 N–H and O–H groups in total. The Labute approximate surface area is 188 Å². The number of likely N-dealkylation sites (tertiary alicyclic amines) is 1. The van der Waals surface area contributed by atoms with Crippen molar-refractivity contribution in [2.45, 2.75) is 32.7 Å². The average Bonchev–Trinajstić information content (AvgIpc) is 3.47. The molecule has 7 nitrogen and oxygen atoms in total. The molecule has 0 aromatic heterocycles. The summed E-state index contributed by atoms with van der Waals surface area (Å²) >= 11 is 0. The van der Waals surface area contributed by atoms with Gasteiger partial charge in [0.2, 0.25) is 11.8 Å². The van der Waals surface area contributed by atoms with Crippen LogP contribution in [0.2, 0.25) is 0 Å². The molecule has 1 atom stereocenters. The third-order valence-corrected chi connectivity index (χ3v) is 6.18. The average molecular weight is 436 g/mol. The normalized spacial score (nSPS) is 18.2. The van der Waals surface area contributed by atoms with Gasteiger partial charge in [-0.2, -0.15) is 0 Å². The monoisotopic (exact) mass is 435 g/mol. The molecule has 2 aliphatic rings. The molecule has 0 unspecified atom stereocenters. The van der Waals surface area contributed by atoms with Crippen molar-refractivity contribution in [3.8, 4) is 5.75 Å². The van der Waals surface area contributed by atoms with Crippen molar-refractivity contribution in [1.29, 1.82) is 0 Å². The molecule has 7 heteroatoms. The van der Waals surface area contributed by atoms with Gasteiger partial charge in [0.05, 0.1) is 5.92 Å². The number of hydrogen-bond donors (Lipinski definition) is 1. The molecule has 2 heterocycles. The van der Waals surface area contributed by atoms with Gasteiger partial charge in [-0.3, -0.25) is 14.4 Å². The SMILES string of the molecule is Cc1ccccc1CNC(=O)[C@H]1CC(=O)N(c2ccc(OCC(=O)N3CCCC3)cc2)C1. The van der Waals surface area contributed by atoms with E-state index in [4.69, 9.17) is 4.74 Å². The molecule has 0 bridgehead atoms. The largest absolute Gasteiger partial charge is 0.484 e. The zero-order valence-electron chi connectivity index (χ0n) is 18.4. The molecule has 32 heavy (non-hydrogen) atoms. The Hall–Kier alpha value is -3.35. The summed E-state index contributed by atoms with van der Waals surface area (Å²) in [6.45, 7) is 4.45. The lowest BCUT2D eigenvalue weighted by Crippen LogP contribution is -2.32. The van der Waals surface area contributed by atoms with Crippen LogP contribution >= 0.6 is 0 Å². The van der Waals surface area contributed by atoms with E-state index in [-0.39, 0.29) is 36.7 Å². The van der Waals surface area contributed by atoms with Gasteiger partial charge in [0.25, 0.3) is 5.91 Å². The predicted octanol–water partition coefficient (Wildman–Crippen LogP) is 2.67. The predicted molar refractivity (Wildman–Crippen MR) is 121 cm³/mol. The van der Waals surface area contributed by atoms with Crippen LogP contribution in [0.15, 0.2) is 48.5 Å². The van der Waals surface area contributed by atoms with Crippen LogP contribution in [0.5, 0.6) is 5.75 Å². The Balaban J connectivity index is 1.29. The first-order chi connectivity index (χ1) is 15.5. The third-order valence-electron chi connectivity index (χ3n) is 6.18. The van der Waals surface area contributed by atoms with Gasteiger partial charge in [-0.1, -0.05) is 24.3 Å². The molecule has 3 amide bonds. The van der Waals surface area contributed by atoms with Crippen LogP contribution in [0.1, 0.15) is 30.4 Å². The molecule has 2 aromatic rings. The van der Waals surface area contributed by atoms with Crippen molar-refractivity contribution in [1.82, 2.24) is 10.2 Å². The first-order valence-corrected chi connectivity index (χ1v) is 11.1. The lowest BCUT2D eigenvalue weighted by atomic mass is 10.1. The number of ether oxygens (including phenoxy) is 1. The highest BCUT2D eigenvalue weighted by Crippen LogP contribution is 2.27. The van der Waals surface area contributed by atoms with Crippen molar-refractivity contribution in [3.63, 3.8) is 0 Å². The highest BCUT2D eigenvalue weighted by atomic mass is 16.5. The van der Waals surface area contributed by atoms with Crippen LogP contribution in [0.4, 0.5) is 5.69 Å². The number of anilines is 1. The van der Waals surface area contributed by atoms with Crippen LogP contribution < -0.4 is 15.0 Å². The van der Waals surface area contributed by atoms with Gasteiger partial charge in [0.15, 0.2) is 6.61 Å². The topological polar surface area (TPSA) is 79.0 Å². The van der Waals surface area contributed by atoms with Crippen LogP contribution in [-0.4, -0.2) is 48.9 Å². The van der Waals surface area contributed by atoms with Crippen LogP contribution in [-0.2, 0) is 20.9 Å². The number of benzene rings is 2. The molecule has 2 aliphatic heterocycles. The lowest BCUT2D eigenvalue weighted by Gasteiger charge is -2.18. The third kappa shape index (κ3) is 5.10. The number of rotatable bonds is 7. The molecule has 168 valence electrons. The van der Waals surface area contributed by atoms with Gasteiger partial charge in [0.1, 0.15) is 5.75 Å². The van der Waals surface area contributed by atoms with E-state index < -0.39 is 0 Å². The smallest absolute Gasteiger partial charge is 0.260 e. The molecule has 4 rings (SSSR count). The van der Waals surface area contributed by atoms with E-state index in [2.05, 4.69) is 5.32 Å². The number of nitrogens with one attached hydrogen (secondary N) is 1. The Kier molecular flexibility index (Phi) is 6.73. The summed E-state index contributed by atoms with van der Waals surface area (Å²) in [5.74, 6) is 0.0326. The Bertz CT molecular complexity index is 983. The van der Waals surface area contributed by atoms with E-state index in [1.54, 1.807) is 29.2 Å². The van der Waals surface area contributed by atoms with Crippen molar-refractivity contribution in [2.24, 2.45) is 5.92 Å². The Morgan fingerprint density at radius 2 is 1.78 bits per heavy atom. The summed E-state index contributed by atoms with van der Waals surface area (Å²) in [6, 6.07) is 15.0. The summed E-state index contributed by atoms with van der Waals surface area (Å²) in [6.07, 6.45) is 2.30. The first kappa shape index (κ1) is 21.9. The summed E-state index contributed by atoms with van der Waals surface area (Å²) in [5, 5.41) is 2.96. The number of amides is 3. The molecule has 0 saturated carbocycles. The fourth-order valence-electron chi connectivity index (χ4n) is 4.19. The summed E-state index contributed by atoms with van der Waals surface area (Å²) in [4.78, 5) is 40.7. The molecule has 0 radical (unpaired) electrons. The van der Waals surface area contributed by atoms with Crippen molar-refractivity contribution in [2.75, 3.05) is 31.1 Å². The standard InChI is InChI=1S/C25H29N3O4/c1-18-6-2-3-7-19(18)15-26-25(31)20-14-23(29)28(16-20)21-8-10-22(11-9-21)32-17-24(30)27-12-4-5-13-27/h2-3,6-11,20H,4-5,12-17H2,1H3,(H,26,31)/t20-/m0/s1. The number of carbonyl (C=O) groups excluding carboxylic acids is 3. The highest BCUT2D eigenvalue weighted by Gasteiger charge is 2.35. The lowest BCUT2D eigenvalue weighted by molar-refractivity contribution is -0.132. The number of carbonyl (C=O) groups is 3. The number of nitrogens with zero attached hydrogens (tertiary/aromatic N) is 2. The van der Waals surface area contributed by atoms with Crippen molar-refractivity contribution >= 4 is 23.4 Å². The van der Waals surface area contributed by atoms with Gasteiger partial charge in [-0.25, -0.2) is 0 Å². The second-order valence-electron chi connectivity index (χ2n) is 8.42. The van der Waals surface area contributed by atoms with Gasteiger partial charge in [-0.15, -0.1) is 0 Å². The molecule has 0 aliphatic carbocycles. The van der Waals surface area contributed by atoms with Gasteiger partial charge < -0.3 is 19.9 Å². The summed E-state index contributed by atoms with van der Waals surface area (Å²) < 4.78 is 5.61. The van der Waals surface area contributed by atoms with Gasteiger partial charge in [0, 0.05) is 38.3 Å². The quantitative estimate of drug-likeness (QED) is 0.725. The summed E-state index contributed by atoms with van der Waals surface area (Å²) in [5.41, 5.74) is 2.92. The van der Waals surface area contributed by atoms with E-state index in [1.165, 1.54) is 0 Å². The van der Waals surface area contributed by atoms with Crippen LogP contribution in [0.25, 0.3) is 0 Å². The van der Waals surface area contributed by atoms with E-state index in [9.17, 15) is 14.4 Å². The van der Waals surface area contributed by atoms with E-state index in [0.717, 1.165) is 42.7 Å². The van der Waals surface area contributed by atoms with Crippen LogP contribution in [0.3, 0.4) is 0 Å². The zero-order chi connectivity index (χ0) is 22.5. The van der Waals surface area contributed by atoms with Gasteiger partial charge >= 0.3 is 0 Å². The maximum Gasteiger partial charge on any atom is 0.260 e. The van der Waals surface area contributed by atoms with E-state index >= 15 is 0 Å². The molecule has 0 spiro atoms. The molecule has 2 aromatic carbocycles. The minimum absolute atomic E-state index is 0.000785. The van der Waals surface area contributed by atoms with Crippen molar-refractivity contribution < 1.29 is 19.1 Å². The zero-order valence-corrected chi connectivity index (χ0v) is 18.4. The first-order valence-electron chi connectivity index (χ1n) is 11.1. The molecule has 2 fully saturated rings. The maximum atomic E-state index is 12.6. The van der Waals surface area contributed by atoms with E-state index in [1.807, 2.05) is 36.1 Å². The number of aryl methyl sites for hydroxylation is 1. The van der Waals surface area contributed by atoms with Crippen molar-refractivity contribution in [3.05, 3.63) is 59.7 Å². The number of hydrogen-bond acceptors (Lipinski definition) is 4. The summed E-state index contributed by atoms with van der Waals surface area (Å²) in [7, 11) is 0. The molecular formula is C25H29N3O4. The maximum absolute atomic E-state index is 12.6. The second kappa shape index (κ2) is 9.85. The Morgan fingerprint density at radius 1 is 1.06 bits per heavy atom. The van der Waals surface area contributed by atoms with Gasteiger partial charge in [-0.05, 0) is 55.2 Å². The highest BCUT2D eigenvalue weighted by molar-refractivity contribution is 6.00. The fraction of sp³-hybridized carbons (Fsp3) is 0.400. The van der Waals surface area contributed by atoms with Crippen LogP contribution in [0, 0.1) is 12.8 Å². The minimum Gasteiger partial charge on any atom is -0.484 e. The minimum atomic E-state index is -0.375. The second-order valence-corrected chi connectivity index (χ2v) is 8.42.